The summed E-state index contributed by atoms with van der Waals surface area (Å²) in [6, 6.07) is 5.50. The third-order valence-electron chi connectivity index (χ3n) is 1.39. The molecule has 0 N–H and O–H groups in total. The molecule has 3 rings (SSSR count). The number of pyridine rings is 1. The van der Waals surface area contributed by atoms with Crippen LogP contribution in [0, 0.1) is 6.20 Å². The van der Waals surface area contributed by atoms with Crippen molar-refractivity contribution in [1.82, 2.24) is 4.98 Å². The van der Waals surface area contributed by atoms with Crippen LogP contribution in [0.4, 0.5) is 0 Å². The van der Waals surface area contributed by atoms with Crippen LogP contribution in [-0.2, 0) is 29.0 Å². The summed E-state index contributed by atoms with van der Waals surface area (Å²) in [5.74, 6) is 0. The molecule has 1 aromatic rings. The molecule has 5 nitrogen and oxygen atoms in total. The Hall–Kier alpha value is -1.29. The van der Waals surface area contributed by atoms with Gasteiger partial charge in [-0.05, 0) is 0 Å². The minimum absolute atomic E-state index is 0. The predicted molar refractivity (Wildman–Crippen MR) is 59.6 cm³/mol. The van der Waals surface area contributed by atoms with Crippen molar-refractivity contribution in [3.05, 3.63) is 30.6 Å². The van der Waals surface area contributed by atoms with Crippen LogP contribution in [0.3, 0.4) is 0 Å². The molecule has 0 amide bonds. The Morgan fingerprint density at radius 1 is 0.941 bits per heavy atom. The Balaban J connectivity index is 0.000000221. The number of rotatable bonds is 0. The molecular formula is C11H12N3O2Rh. The van der Waals surface area contributed by atoms with E-state index in [0.29, 0.717) is 0 Å². The molecule has 1 aromatic heterocycles. The van der Waals surface area contributed by atoms with E-state index >= 15 is 0 Å². The van der Waals surface area contributed by atoms with E-state index in [4.69, 9.17) is 0 Å². The second kappa shape index (κ2) is 12.8. The molecule has 0 saturated carbocycles. The van der Waals surface area contributed by atoms with Gasteiger partial charge in [0, 0.05) is 13.1 Å². The van der Waals surface area contributed by atoms with E-state index < -0.39 is 0 Å². The van der Waals surface area contributed by atoms with Crippen LogP contribution in [0.15, 0.2) is 34.4 Å². The molecule has 0 spiro atoms. The van der Waals surface area contributed by atoms with Crippen LogP contribution in [0.1, 0.15) is 0 Å². The Labute approximate surface area is 114 Å². The number of aliphatic imine (C=N–C) groups is 2. The van der Waals surface area contributed by atoms with Gasteiger partial charge in [0.2, 0.25) is 0 Å². The topological polar surface area (TPSA) is 56.1 Å². The maximum Gasteiger partial charge on any atom is 3.00 e. The number of hydrogen-bond donors (Lipinski definition) is 0. The van der Waals surface area contributed by atoms with Crippen molar-refractivity contribution >= 4 is 12.8 Å². The minimum Gasteiger partial charge on any atom is -0.674 e. The third kappa shape index (κ3) is 11.0. The second-order valence-corrected chi connectivity index (χ2v) is 2.60. The van der Waals surface area contributed by atoms with Crippen LogP contribution >= 0.6 is 0 Å². The maximum absolute atomic E-state index is 4.53. The average molecular weight is 321 g/mol. The monoisotopic (exact) mass is 321 g/mol. The summed E-state index contributed by atoms with van der Waals surface area (Å²) >= 11 is 0. The first-order valence-electron chi connectivity index (χ1n) is 4.84. The molecule has 0 fully saturated rings. The van der Waals surface area contributed by atoms with Gasteiger partial charge >= 0.3 is 19.5 Å². The molecule has 0 bridgehead atoms. The van der Waals surface area contributed by atoms with Crippen LogP contribution in [0.2, 0.25) is 0 Å². The quantitative estimate of drug-likeness (QED) is 0.523. The molecule has 0 unspecified atom stereocenters. The van der Waals surface area contributed by atoms with Gasteiger partial charge in [-0.25, -0.2) is 12.8 Å². The Morgan fingerprint density at radius 3 is 1.71 bits per heavy atom. The van der Waals surface area contributed by atoms with Gasteiger partial charge in [-0.2, -0.15) is 18.2 Å². The van der Waals surface area contributed by atoms with Crippen molar-refractivity contribution in [2.75, 3.05) is 26.3 Å². The van der Waals surface area contributed by atoms with E-state index in [1.54, 1.807) is 12.3 Å². The zero-order chi connectivity index (χ0) is 11.3. The molecular weight excluding hydrogens is 309 g/mol. The number of aromatic nitrogens is 1. The van der Waals surface area contributed by atoms with Gasteiger partial charge in [-0.3, -0.25) is 0 Å². The first kappa shape index (κ1) is 15.7. The van der Waals surface area contributed by atoms with Gasteiger partial charge < -0.3 is 24.4 Å². The van der Waals surface area contributed by atoms with Gasteiger partial charge in [-0.15, -0.1) is 0 Å². The number of hydrogen-bond acceptors (Lipinski definition) is 5. The molecule has 0 radical (unpaired) electrons. The fourth-order valence-corrected chi connectivity index (χ4v) is 0.734. The minimum atomic E-state index is 0. The van der Waals surface area contributed by atoms with E-state index in [0.717, 1.165) is 26.3 Å². The predicted octanol–water partition coefficient (Wildman–Crippen LogP) is 0.723. The summed E-state index contributed by atoms with van der Waals surface area (Å²) in [5, 5.41) is 0. The van der Waals surface area contributed by atoms with Gasteiger partial charge in [0.25, 0.3) is 0 Å². The largest absolute Gasteiger partial charge is 3.00 e. The molecule has 2 aliphatic heterocycles. The van der Waals surface area contributed by atoms with E-state index in [9.17, 15) is 0 Å². The summed E-state index contributed by atoms with van der Waals surface area (Å²) in [6.07, 6.45) is 9.03. The maximum atomic E-state index is 4.53. The van der Waals surface area contributed by atoms with Crippen LogP contribution in [0.25, 0.3) is 0 Å². The summed E-state index contributed by atoms with van der Waals surface area (Å²) < 4.78 is 9.06. The fourth-order valence-electron chi connectivity index (χ4n) is 0.734. The standard InChI is InChI=1S/C5H4N.2C3H4NO.Rh/c1-2-4-6-5-3-1;2*1-2-5-3-4-1;/h1-4H;2*1-2H2;/q3*-1;+3. The molecule has 0 aromatic carbocycles. The zero-order valence-electron chi connectivity index (χ0n) is 9.13. The second-order valence-electron chi connectivity index (χ2n) is 2.60. The molecule has 6 heteroatoms. The van der Waals surface area contributed by atoms with Gasteiger partial charge in [0.15, 0.2) is 0 Å². The molecule has 3 heterocycles. The SMILES string of the molecule is [C-]1=NCCO1.[C-]1=NCCO1.[Rh+3].[c-]1ccccn1. The summed E-state index contributed by atoms with van der Waals surface area (Å²) in [7, 11) is 0. The van der Waals surface area contributed by atoms with Crippen molar-refractivity contribution in [1.29, 1.82) is 0 Å². The Morgan fingerprint density at radius 2 is 1.59 bits per heavy atom. The van der Waals surface area contributed by atoms with Crippen molar-refractivity contribution in [2.45, 2.75) is 0 Å². The molecule has 0 saturated heterocycles. The van der Waals surface area contributed by atoms with E-state index in [1.165, 1.54) is 0 Å². The molecule has 2 aliphatic rings. The first-order valence-corrected chi connectivity index (χ1v) is 4.84. The molecule has 92 valence electrons. The first-order chi connectivity index (χ1) is 8.00. The van der Waals surface area contributed by atoms with Crippen LogP contribution in [-0.4, -0.2) is 44.1 Å². The van der Waals surface area contributed by atoms with E-state index in [2.05, 4.69) is 43.4 Å². The normalized spacial score (nSPS) is 14.1. The third-order valence-corrected chi connectivity index (χ3v) is 1.39. The van der Waals surface area contributed by atoms with Crippen LogP contribution < -0.4 is 0 Å². The Bertz CT molecular complexity index is 252. The van der Waals surface area contributed by atoms with Crippen molar-refractivity contribution in [3.8, 4) is 0 Å². The molecule has 0 atom stereocenters. The Kier molecular flexibility index (Phi) is 11.8. The summed E-state index contributed by atoms with van der Waals surface area (Å²) in [6.45, 7) is 3.03. The smallest absolute Gasteiger partial charge is 0.674 e. The number of nitrogens with zero attached hydrogens (tertiary/aromatic N) is 3. The van der Waals surface area contributed by atoms with Crippen LogP contribution in [0.5, 0.6) is 0 Å². The van der Waals surface area contributed by atoms with Crippen molar-refractivity contribution in [2.24, 2.45) is 9.98 Å². The molecule has 0 aliphatic carbocycles. The summed E-state index contributed by atoms with van der Waals surface area (Å²) in [5.41, 5.74) is 0. The van der Waals surface area contributed by atoms with Gasteiger partial charge in [0.1, 0.15) is 0 Å². The average Bonchev–Trinajstić information content (AvgIpc) is 3.10. The van der Waals surface area contributed by atoms with Crippen molar-refractivity contribution < 1.29 is 29.0 Å². The zero-order valence-corrected chi connectivity index (χ0v) is 10.8. The summed E-state index contributed by atoms with van der Waals surface area (Å²) in [4.78, 5) is 10.9. The van der Waals surface area contributed by atoms with Gasteiger partial charge in [0.05, 0.1) is 13.2 Å². The van der Waals surface area contributed by atoms with Gasteiger partial charge in [-0.1, -0.05) is 12.4 Å². The number of ether oxygens (including phenoxy) is 2. The molecule has 17 heavy (non-hydrogen) atoms. The van der Waals surface area contributed by atoms with E-state index in [-0.39, 0.29) is 19.5 Å². The van der Waals surface area contributed by atoms with Crippen molar-refractivity contribution in [3.63, 3.8) is 0 Å². The van der Waals surface area contributed by atoms with E-state index in [1.807, 2.05) is 12.1 Å². The fraction of sp³-hybridized carbons (Fsp3) is 0.364.